The van der Waals surface area contributed by atoms with E-state index in [-0.39, 0.29) is 0 Å². The minimum absolute atomic E-state index is 0.315. The van der Waals surface area contributed by atoms with Crippen LogP contribution < -0.4 is 9.47 Å². The predicted octanol–water partition coefficient (Wildman–Crippen LogP) is 5.45. The molecule has 0 aromatic heterocycles. The summed E-state index contributed by atoms with van der Waals surface area (Å²) in [7, 11) is 1.53. The molecule has 0 aliphatic carbocycles. The molecule has 0 fully saturated rings. The maximum atomic E-state index is 6.06. The van der Waals surface area contributed by atoms with Gasteiger partial charge in [0.15, 0.2) is 0 Å². The second-order valence-corrected chi connectivity index (χ2v) is 6.70. The highest BCUT2D eigenvalue weighted by Gasteiger charge is 2.11. The van der Waals surface area contributed by atoms with Crippen molar-refractivity contribution in [3.8, 4) is 11.5 Å². The van der Waals surface area contributed by atoms with E-state index < -0.39 is 0 Å². The zero-order valence-corrected chi connectivity index (χ0v) is 17.2. The van der Waals surface area contributed by atoms with Crippen LogP contribution >= 0.6 is 15.9 Å². The minimum Gasteiger partial charge on any atom is -0.490 e. The van der Waals surface area contributed by atoms with Crippen molar-refractivity contribution in [2.75, 3.05) is 20.3 Å². The van der Waals surface area contributed by atoms with Crippen LogP contribution in [0, 0.1) is 13.8 Å². The molecular formula is C21H24BrNO3. The normalized spacial score (nSPS) is 11.7. The first-order chi connectivity index (χ1) is 12.5. The summed E-state index contributed by atoms with van der Waals surface area (Å²) in [6, 6.07) is 11.9. The predicted molar refractivity (Wildman–Crippen MR) is 109 cm³/mol. The van der Waals surface area contributed by atoms with Gasteiger partial charge in [0.05, 0.1) is 0 Å². The van der Waals surface area contributed by atoms with Crippen LogP contribution in [-0.4, -0.2) is 26.0 Å². The smallest absolute Gasteiger partial charge is 0.134 e. The molecule has 2 aromatic carbocycles. The number of benzene rings is 2. The Kier molecular flexibility index (Phi) is 7.73. The molecule has 2 rings (SSSR count). The Morgan fingerprint density at radius 3 is 2.31 bits per heavy atom. The maximum absolute atomic E-state index is 6.06. The fraction of sp³-hybridized carbons (Fsp3) is 0.286. The maximum Gasteiger partial charge on any atom is 0.134 e. The van der Waals surface area contributed by atoms with E-state index in [0.29, 0.717) is 13.2 Å². The lowest BCUT2D eigenvalue weighted by Gasteiger charge is -2.15. The third-order valence-electron chi connectivity index (χ3n) is 3.75. The molecule has 138 valence electrons. The van der Waals surface area contributed by atoms with Crippen molar-refractivity contribution in [1.82, 2.24) is 0 Å². The SMILES string of the molecule is C/C=C/COc1cc(C)c(OCC(=NOC)c2ccc(Br)cc2)c(C)c1. The Balaban J connectivity index is 2.13. The fourth-order valence-electron chi connectivity index (χ4n) is 2.52. The number of hydrogen-bond donors (Lipinski definition) is 0. The first kappa shape index (κ1) is 20.0. The van der Waals surface area contributed by atoms with Crippen LogP contribution in [0.3, 0.4) is 0 Å². The van der Waals surface area contributed by atoms with Crippen molar-refractivity contribution in [2.45, 2.75) is 20.8 Å². The lowest BCUT2D eigenvalue weighted by atomic mass is 10.1. The number of oxime groups is 1. The van der Waals surface area contributed by atoms with Crippen LogP contribution in [-0.2, 0) is 4.84 Å². The van der Waals surface area contributed by atoms with Crippen LogP contribution in [0.25, 0.3) is 0 Å². The molecule has 4 nitrogen and oxygen atoms in total. The highest BCUT2D eigenvalue weighted by atomic mass is 79.9. The molecule has 5 heteroatoms. The van der Waals surface area contributed by atoms with E-state index in [9.17, 15) is 0 Å². The summed E-state index contributed by atoms with van der Waals surface area (Å²) in [6.45, 7) is 6.87. The van der Waals surface area contributed by atoms with Gasteiger partial charge >= 0.3 is 0 Å². The third kappa shape index (κ3) is 5.63. The van der Waals surface area contributed by atoms with Crippen molar-refractivity contribution in [2.24, 2.45) is 5.16 Å². The van der Waals surface area contributed by atoms with E-state index in [4.69, 9.17) is 14.3 Å². The van der Waals surface area contributed by atoms with Gasteiger partial charge in [-0.15, -0.1) is 0 Å². The third-order valence-corrected chi connectivity index (χ3v) is 4.28. The van der Waals surface area contributed by atoms with E-state index >= 15 is 0 Å². The van der Waals surface area contributed by atoms with Gasteiger partial charge in [0, 0.05) is 10.0 Å². The molecular weight excluding hydrogens is 394 g/mol. The number of allylic oxidation sites excluding steroid dienone is 1. The molecule has 0 saturated heterocycles. The van der Waals surface area contributed by atoms with Crippen LogP contribution in [0.5, 0.6) is 11.5 Å². The number of aryl methyl sites for hydroxylation is 2. The molecule has 0 atom stereocenters. The van der Waals surface area contributed by atoms with Gasteiger partial charge in [0.2, 0.25) is 0 Å². The lowest BCUT2D eigenvalue weighted by Crippen LogP contribution is -2.14. The van der Waals surface area contributed by atoms with Gasteiger partial charge in [-0.25, -0.2) is 0 Å². The molecule has 0 aliphatic rings. The number of halogens is 1. The Labute approximate surface area is 163 Å². The van der Waals surface area contributed by atoms with Gasteiger partial charge < -0.3 is 14.3 Å². The molecule has 0 N–H and O–H groups in total. The monoisotopic (exact) mass is 417 g/mol. The summed E-state index contributed by atoms with van der Waals surface area (Å²) in [5.41, 5.74) is 3.73. The summed E-state index contributed by atoms with van der Waals surface area (Å²) in [4.78, 5) is 4.98. The zero-order chi connectivity index (χ0) is 18.9. The standard InChI is InChI=1S/C21H24BrNO3/c1-5-6-11-25-19-12-15(2)21(16(3)13-19)26-14-20(23-24-4)17-7-9-18(22)10-8-17/h5-10,12-13H,11,14H2,1-4H3/b6-5+,23-20?. The summed E-state index contributed by atoms with van der Waals surface area (Å²) in [5.74, 6) is 1.67. The van der Waals surface area contributed by atoms with Crippen molar-refractivity contribution in [3.63, 3.8) is 0 Å². The average Bonchev–Trinajstić information content (AvgIpc) is 2.61. The highest BCUT2D eigenvalue weighted by Crippen LogP contribution is 2.28. The van der Waals surface area contributed by atoms with Crippen molar-refractivity contribution >= 4 is 21.6 Å². The van der Waals surface area contributed by atoms with Gasteiger partial charge in [-0.05, 0) is 56.2 Å². The summed E-state index contributed by atoms with van der Waals surface area (Å²) in [6.07, 6.45) is 3.94. The lowest BCUT2D eigenvalue weighted by molar-refractivity contribution is 0.210. The molecule has 0 aliphatic heterocycles. The highest BCUT2D eigenvalue weighted by molar-refractivity contribution is 9.10. The Morgan fingerprint density at radius 2 is 1.73 bits per heavy atom. The molecule has 0 spiro atoms. The summed E-state index contributed by atoms with van der Waals surface area (Å²) >= 11 is 3.44. The van der Waals surface area contributed by atoms with E-state index in [1.807, 2.05) is 69.3 Å². The zero-order valence-electron chi connectivity index (χ0n) is 15.6. The van der Waals surface area contributed by atoms with Gasteiger partial charge in [-0.2, -0.15) is 0 Å². The van der Waals surface area contributed by atoms with Crippen molar-refractivity contribution < 1.29 is 14.3 Å². The minimum atomic E-state index is 0.315. The summed E-state index contributed by atoms with van der Waals surface area (Å²) < 4.78 is 12.8. The van der Waals surface area contributed by atoms with E-state index in [2.05, 4.69) is 21.1 Å². The van der Waals surface area contributed by atoms with E-state index in [1.165, 1.54) is 7.11 Å². The van der Waals surface area contributed by atoms with Crippen molar-refractivity contribution in [3.05, 3.63) is 69.7 Å². The average molecular weight is 418 g/mol. The molecule has 0 unspecified atom stereocenters. The number of rotatable bonds is 8. The molecule has 2 aromatic rings. The Hall–Kier alpha value is -2.27. The molecule has 0 radical (unpaired) electrons. The molecule has 0 bridgehead atoms. The quantitative estimate of drug-likeness (QED) is 0.325. The largest absolute Gasteiger partial charge is 0.490 e. The molecule has 0 saturated carbocycles. The van der Waals surface area contributed by atoms with E-state index in [0.717, 1.165) is 38.4 Å². The van der Waals surface area contributed by atoms with Gasteiger partial charge in [0.25, 0.3) is 0 Å². The van der Waals surface area contributed by atoms with Crippen LogP contribution in [0.1, 0.15) is 23.6 Å². The topological polar surface area (TPSA) is 40.0 Å². The number of nitrogens with zero attached hydrogens (tertiary/aromatic N) is 1. The summed E-state index contributed by atoms with van der Waals surface area (Å²) in [5, 5.41) is 4.11. The first-order valence-electron chi connectivity index (χ1n) is 8.39. The number of ether oxygens (including phenoxy) is 2. The molecule has 0 heterocycles. The first-order valence-corrected chi connectivity index (χ1v) is 9.18. The van der Waals surface area contributed by atoms with Gasteiger partial charge in [-0.1, -0.05) is 45.4 Å². The van der Waals surface area contributed by atoms with E-state index in [1.54, 1.807) is 0 Å². The number of hydrogen-bond acceptors (Lipinski definition) is 4. The second-order valence-electron chi connectivity index (χ2n) is 5.78. The molecule has 0 amide bonds. The second kappa shape index (κ2) is 10.0. The van der Waals surface area contributed by atoms with Crippen LogP contribution in [0.15, 0.2) is 58.2 Å². The Morgan fingerprint density at radius 1 is 1.08 bits per heavy atom. The van der Waals surface area contributed by atoms with Crippen LogP contribution in [0.2, 0.25) is 0 Å². The fourth-order valence-corrected chi connectivity index (χ4v) is 2.78. The van der Waals surface area contributed by atoms with Crippen LogP contribution in [0.4, 0.5) is 0 Å². The van der Waals surface area contributed by atoms with Crippen molar-refractivity contribution in [1.29, 1.82) is 0 Å². The molecule has 26 heavy (non-hydrogen) atoms. The Bertz CT molecular complexity index is 759. The van der Waals surface area contributed by atoms with Gasteiger partial charge in [0.1, 0.15) is 37.5 Å². The van der Waals surface area contributed by atoms with Gasteiger partial charge in [-0.3, -0.25) is 0 Å².